The molecule has 1 aromatic carbocycles. The molecule has 0 unspecified atom stereocenters. The molecule has 0 saturated carbocycles. The molecule has 0 aliphatic carbocycles. The van der Waals surface area contributed by atoms with Crippen molar-refractivity contribution in [3.63, 3.8) is 0 Å². The van der Waals surface area contributed by atoms with Crippen molar-refractivity contribution in [3.05, 3.63) is 45.8 Å². The van der Waals surface area contributed by atoms with Gasteiger partial charge < -0.3 is 10.2 Å². The fourth-order valence-electron chi connectivity index (χ4n) is 4.59. The number of sulfonamides is 1. The van der Waals surface area contributed by atoms with E-state index in [-0.39, 0.29) is 16.7 Å². The Morgan fingerprint density at radius 3 is 2.27 bits per heavy atom. The van der Waals surface area contributed by atoms with E-state index < -0.39 is 10.0 Å². The van der Waals surface area contributed by atoms with E-state index in [2.05, 4.69) is 17.1 Å². The summed E-state index contributed by atoms with van der Waals surface area (Å²) in [6, 6.07) is 6.04. The number of rotatable bonds is 12. The van der Waals surface area contributed by atoms with Crippen LogP contribution in [0.5, 0.6) is 0 Å². The maximum absolute atomic E-state index is 13.4. The molecule has 0 radical (unpaired) electrons. The monoisotopic (exact) mass is 548 g/mol. The number of carbonyl (C=O) groups is 2. The number of likely N-dealkylation sites (N-methyl/N-ethyl adjacent to an activating group) is 1. The third kappa shape index (κ3) is 6.42. The van der Waals surface area contributed by atoms with E-state index >= 15 is 0 Å². The van der Waals surface area contributed by atoms with Crippen molar-refractivity contribution in [2.45, 2.75) is 65.3 Å². The average Bonchev–Trinajstić information content (AvgIpc) is 3.26. The predicted octanol–water partition coefficient (Wildman–Crippen LogP) is 4.67. The molecule has 10 heteroatoms. The highest BCUT2D eigenvalue weighted by atomic mass is 32.2. The standard InChI is InChI=1S/C27H40N4O4S2/c1-6-11-17-31(10-5)37(34,35)21-14-12-20(13-15-21)25(32)28-26-24(27(33)30(8-3)9-4)22-16-18-29(7-2)19-23(22)36-26/h12-15H,6-11,16-19H2,1-5H3,(H,28,32). The largest absolute Gasteiger partial charge is 0.339 e. The lowest BCUT2D eigenvalue weighted by molar-refractivity contribution is 0.0772. The number of carbonyl (C=O) groups excluding carboxylic acids is 2. The molecule has 0 spiro atoms. The lowest BCUT2D eigenvalue weighted by atomic mass is 10.0. The second kappa shape index (κ2) is 13.0. The van der Waals surface area contributed by atoms with Crippen LogP contribution in [0.25, 0.3) is 0 Å². The number of hydrogen-bond acceptors (Lipinski definition) is 6. The summed E-state index contributed by atoms with van der Waals surface area (Å²) >= 11 is 1.47. The second-order valence-electron chi connectivity index (χ2n) is 9.13. The Labute approximate surface area is 225 Å². The Bertz CT molecular complexity index is 1190. The Morgan fingerprint density at radius 2 is 1.70 bits per heavy atom. The molecule has 2 heterocycles. The third-order valence-electron chi connectivity index (χ3n) is 6.94. The number of unbranched alkanes of at least 4 members (excludes halogenated alkanes) is 1. The molecule has 204 valence electrons. The third-order valence-corrected chi connectivity index (χ3v) is 10.1. The van der Waals surface area contributed by atoms with E-state index in [1.165, 1.54) is 39.9 Å². The van der Waals surface area contributed by atoms with Gasteiger partial charge in [-0.15, -0.1) is 11.3 Å². The Hall–Kier alpha value is -2.27. The number of nitrogens with one attached hydrogen (secondary N) is 1. The van der Waals surface area contributed by atoms with E-state index in [1.54, 1.807) is 4.90 Å². The zero-order valence-electron chi connectivity index (χ0n) is 22.7. The highest BCUT2D eigenvalue weighted by Crippen LogP contribution is 2.38. The minimum Gasteiger partial charge on any atom is -0.339 e. The van der Waals surface area contributed by atoms with Gasteiger partial charge in [-0.1, -0.05) is 27.2 Å². The van der Waals surface area contributed by atoms with Crippen LogP contribution in [0.3, 0.4) is 0 Å². The van der Waals surface area contributed by atoms with Gasteiger partial charge in [0.15, 0.2) is 0 Å². The van der Waals surface area contributed by atoms with Gasteiger partial charge >= 0.3 is 0 Å². The van der Waals surface area contributed by atoms with E-state index in [9.17, 15) is 18.0 Å². The molecule has 0 fully saturated rings. The number of hydrogen-bond donors (Lipinski definition) is 1. The van der Waals surface area contributed by atoms with Crippen LogP contribution in [0.1, 0.15) is 78.6 Å². The van der Waals surface area contributed by atoms with Gasteiger partial charge in [-0.25, -0.2) is 8.42 Å². The first-order chi connectivity index (χ1) is 17.7. The maximum Gasteiger partial charge on any atom is 0.257 e. The highest BCUT2D eigenvalue weighted by Gasteiger charge is 2.30. The van der Waals surface area contributed by atoms with Gasteiger partial charge in [-0.05, 0) is 63.1 Å². The molecule has 2 aromatic rings. The number of anilines is 1. The number of benzene rings is 1. The first kappa shape index (κ1) is 29.3. The van der Waals surface area contributed by atoms with Gasteiger partial charge in [0.25, 0.3) is 11.8 Å². The fourth-order valence-corrected chi connectivity index (χ4v) is 7.36. The molecule has 1 aliphatic heterocycles. The number of nitrogens with zero attached hydrogens (tertiary/aromatic N) is 3. The van der Waals surface area contributed by atoms with Crippen LogP contribution < -0.4 is 5.32 Å². The van der Waals surface area contributed by atoms with Crippen LogP contribution in [0.4, 0.5) is 5.00 Å². The van der Waals surface area contributed by atoms with E-state index in [1.807, 2.05) is 27.7 Å². The normalized spacial score (nSPS) is 14.0. The zero-order valence-corrected chi connectivity index (χ0v) is 24.3. The smallest absolute Gasteiger partial charge is 0.257 e. The lowest BCUT2D eigenvalue weighted by Gasteiger charge is -2.26. The molecular formula is C27H40N4O4S2. The second-order valence-corrected chi connectivity index (χ2v) is 12.2. The van der Waals surface area contributed by atoms with E-state index in [0.717, 1.165) is 49.3 Å². The Balaban J connectivity index is 1.88. The molecule has 1 aromatic heterocycles. The number of thiophene rings is 1. The molecule has 8 nitrogen and oxygen atoms in total. The van der Waals surface area contributed by atoms with Crippen molar-refractivity contribution in [2.75, 3.05) is 44.6 Å². The SMILES string of the molecule is CCCCN(CC)S(=O)(=O)c1ccc(C(=O)Nc2sc3c(c2C(=O)N(CC)CC)CCN(CC)C3)cc1. The van der Waals surface area contributed by atoms with Crippen LogP contribution in [0.15, 0.2) is 29.2 Å². The van der Waals surface area contributed by atoms with Gasteiger partial charge in [0.05, 0.1) is 10.5 Å². The van der Waals surface area contributed by atoms with Crippen LogP contribution in [0.2, 0.25) is 0 Å². The Kier molecular flexibility index (Phi) is 10.3. The van der Waals surface area contributed by atoms with Gasteiger partial charge in [-0.2, -0.15) is 4.31 Å². The van der Waals surface area contributed by atoms with E-state index in [0.29, 0.717) is 42.3 Å². The first-order valence-corrected chi connectivity index (χ1v) is 15.5. The quantitative estimate of drug-likeness (QED) is 0.416. The molecule has 3 rings (SSSR count). The van der Waals surface area contributed by atoms with Gasteiger partial charge in [0, 0.05) is 49.7 Å². The summed E-state index contributed by atoms with van der Waals surface area (Å²) in [5.74, 6) is -0.419. The minimum absolute atomic E-state index is 0.0593. The minimum atomic E-state index is -3.62. The summed E-state index contributed by atoms with van der Waals surface area (Å²) in [6.45, 7) is 14.5. The van der Waals surface area contributed by atoms with Crippen LogP contribution in [0, 0.1) is 0 Å². The summed E-state index contributed by atoms with van der Waals surface area (Å²) in [4.78, 5) is 32.1. The molecule has 0 atom stereocenters. The van der Waals surface area contributed by atoms with Crippen molar-refractivity contribution in [1.29, 1.82) is 0 Å². The summed E-state index contributed by atoms with van der Waals surface area (Å²) in [5.41, 5.74) is 1.98. The first-order valence-electron chi connectivity index (χ1n) is 13.3. The maximum atomic E-state index is 13.4. The van der Waals surface area contributed by atoms with Gasteiger partial charge in [0.2, 0.25) is 10.0 Å². The Morgan fingerprint density at radius 1 is 1.03 bits per heavy atom. The highest BCUT2D eigenvalue weighted by molar-refractivity contribution is 7.89. The van der Waals surface area contributed by atoms with Crippen LogP contribution >= 0.6 is 11.3 Å². The molecule has 37 heavy (non-hydrogen) atoms. The zero-order chi connectivity index (χ0) is 27.2. The molecule has 1 N–H and O–H groups in total. The van der Waals surface area contributed by atoms with Gasteiger partial charge in [-0.3, -0.25) is 14.5 Å². The van der Waals surface area contributed by atoms with Crippen molar-refractivity contribution >= 4 is 38.2 Å². The van der Waals surface area contributed by atoms with Crippen LogP contribution in [-0.2, 0) is 23.0 Å². The fraction of sp³-hybridized carbons (Fsp3) is 0.556. The predicted molar refractivity (Wildman–Crippen MR) is 150 cm³/mol. The van der Waals surface area contributed by atoms with Gasteiger partial charge in [0.1, 0.15) is 5.00 Å². The van der Waals surface area contributed by atoms with Crippen molar-refractivity contribution < 1.29 is 18.0 Å². The van der Waals surface area contributed by atoms with Crippen molar-refractivity contribution in [3.8, 4) is 0 Å². The summed E-state index contributed by atoms with van der Waals surface area (Å²) in [6.07, 6.45) is 2.48. The topological polar surface area (TPSA) is 90.0 Å². The molecular weight excluding hydrogens is 508 g/mol. The molecule has 1 aliphatic rings. The number of amides is 2. The summed E-state index contributed by atoms with van der Waals surface area (Å²) in [5, 5.41) is 3.54. The summed E-state index contributed by atoms with van der Waals surface area (Å²) < 4.78 is 27.5. The number of fused-ring (bicyclic) bond motifs is 1. The van der Waals surface area contributed by atoms with Crippen molar-refractivity contribution in [1.82, 2.24) is 14.1 Å². The molecule has 2 amide bonds. The molecule has 0 saturated heterocycles. The molecule has 0 bridgehead atoms. The average molecular weight is 549 g/mol. The van der Waals surface area contributed by atoms with Crippen molar-refractivity contribution in [2.24, 2.45) is 0 Å². The van der Waals surface area contributed by atoms with Crippen LogP contribution in [-0.4, -0.2) is 73.6 Å². The summed E-state index contributed by atoms with van der Waals surface area (Å²) in [7, 11) is -3.62. The lowest BCUT2D eigenvalue weighted by Crippen LogP contribution is -2.34. The van der Waals surface area contributed by atoms with E-state index in [4.69, 9.17) is 0 Å².